The van der Waals surface area contributed by atoms with E-state index in [0.717, 1.165) is 98.4 Å². The quantitative estimate of drug-likeness (QED) is 0.103. The number of nitrogens with one attached hydrogen (secondary N) is 17. The summed E-state index contributed by atoms with van der Waals surface area (Å²) >= 11 is 1.96. The first kappa shape index (κ1) is 98.2. The Kier molecular flexibility index (Phi) is 91.6. The Hall–Kier alpha value is -1.85. The highest BCUT2D eigenvalue weighted by atomic mass is 32.2. The Labute approximate surface area is 633 Å². The smallest absolute Gasteiger partial charge is 0.0701 e. The molecule has 0 bridgehead atoms. The Morgan fingerprint density at radius 2 is 0.480 bits per heavy atom. The molecule has 22 heteroatoms. The highest BCUT2D eigenvalue weighted by Gasteiger charge is 2.01. The monoisotopic (exact) mass is 1460 g/mol. The molecular weight excluding hydrogens is 1300 g/mol. The summed E-state index contributed by atoms with van der Waals surface area (Å²) in [6, 6.07) is 0. The minimum absolute atomic E-state index is 0.670. The Balaban J connectivity index is 0.000000547. The van der Waals surface area contributed by atoms with Gasteiger partial charge in [0.15, 0.2) is 0 Å². The third kappa shape index (κ3) is 92.4. The van der Waals surface area contributed by atoms with Gasteiger partial charge in [-0.2, -0.15) is 0 Å². The van der Waals surface area contributed by atoms with Gasteiger partial charge in [-0.05, 0) is 285 Å². The Bertz CT molecular complexity index is 1270. The van der Waals surface area contributed by atoms with Crippen LogP contribution in [-0.2, 0) is 18.9 Å². The van der Waals surface area contributed by atoms with Crippen LogP contribution >= 0.6 is 11.8 Å². The van der Waals surface area contributed by atoms with E-state index in [4.69, 9.17) is 18.9 Å². The largest absolute Gasteiger partial charge is 0.391 e. The molecule has 17 N–H and O–H groups in total. The van der Waals surface area contributed by atoms with Gasteiger partial charge in [0.25, 0.3) is 0 Å². The maximum atomic E-state index is 5.28. The van der Waals surface area contributed by atoms with Gasteiger partial charge in [-0.25, -0.2) is 0 Å². The van der Waals surface area contributed by atoms with Gasteiger partial charge in [-0.15, -0.1) is 11.8 Å². The van der Waals surface area contributed by atoms with Gasteiger partial charge < -0.3 is 109 Å². The zero-order chi connectivity index (χ0) is 72.1. The van der Waals surface area contributed by atoms with Crippen molar-refractivity contribution in [2.75, 3.05) is 267 Å². The molecule has 16 heterocycles. The van der Waals surface area contributed by atoms with E-state index in [1.165, 1.54) is 342 Å². The lowest BCUT2D eigenvalue weighted by Crippen LogP contribution is -2.29. The number of piperidine rings is 4. The molecule has 0 radical (unpaired) electrons. The second kappa shape index (κ2) is 95.2. The number of ether oxygens (including phenoxy) is 4. The minimum atomic E-state index is 0.670. The van der Waals surface area contributed by atoms with Crippen molar-refractivity contribution >= 4 is 11.8 Å². The molecule has 102 heavy (non-hydrogen) atoms. The first-order chi connectivity index (χ1) is 51.0. The van der Waals surface area contributed by atoms with Gasteiger partial charge >= 0.3 is 0 Å². The van der Waals surface area contributed by atoms with E-state index < -0.39 is 0 Å². The fraction of sp³-hybridized carbons (Fsp3) is 0.900. The molecule has 0 atom stereocenters. The molecule has 0 amide bonds. The minimum Gasteiger partial charge on any atom is -0.391 e. The van der Waals surface area contributed by atoms with E-state index in [-0.39, 0.29) is 0 Å². The van der Waals surface area contributed by atoms with Crippen LogP contribution in [-0.4, -0.2) is 267 Å². The molecule has 604 valence electrons. The average molecular weight is 1470 g/mol. The average Bonchev–Trinajstić information content (AvgIpc) is 4.70. The van der Waals surface area contributed by atoms with Gasteiger partial charge in [-0.1, -0.05) is 94.2 Å². The van der Waals surface area contributed by atoms with Gasteiger partial charge in [0.05, 0.1) is 46.2 Å². The van der Waals surface area contributed by atoms with Crippen LogP contribution in [0.5, 0.6) is 0 Å². The van der Waals surface area contributed by atoms with Gasteiger partial charge in [0.2, 0.25) is 0 Å². The third-order valence-corrected chi connectivity index (χ3v) is 18.5. The SMILES string of the molecule is C1=CCNC1.C1=CCNCC1.C1=CNCC1.C1=CNCCC1.C1CCCNCC1.C1CCCNCCC1.C1CCNC1.C1CCNCC1.C1CCNCC1.C1CCNCC1.C1CCNCC1.C1CCOCCNC1.C1CNC1.C1CNCCNC1.C1COCCOCCOCCN1.C1CSCN1. The van der Waals surface area contributed by atoms with Crippen molar-refractivity contribution in [3.8, 4) is 0 Å². The normalized spacial score (nSPS) is 23.2. The lowest BCUT2D eigenvalue weighted by Gasteiger charge is -2.10. The van der Waals surface area contributed by atoms with Crippen molar-refractivity contribution in [3.05, 3.63) is 48.9 Å². The zero-order valence-corrected chi connectivity index (χ0v) is 66.9. The maximum Gasteiger partial charge on any atom is 0.0701 e. The van der Waals surface area contributed by atoms with Gasteiger partial charge in [0.1, 0.15) is 0 Å². The highest BCUT2D eigenvalue weighted by molar-refractivity contribution is 7.99. The predicted molar refractivity (Wildman–Crippen MR) is 444 cm³/mol. The van der Waals surface area contributed by atoms with E-state index in [9.17, 15) is 0 Å². The lowest BCUT2D eigenvalue weighted by molar-refractivity contribution is 0.0100. The van der Waals surface area contributed by atoms with Crippen molar-refractivity contribution in [2.24, 2.45) is 0 Å². The van der Waals surface area contributed by atoms with Crippen molar-refractivity contribution in [3.63, 3.8) is 0 Å². The number of thioether (sulfide) groups is 1. The number of allylic oxidation sites excluding steroid dienone is 1. The van der Waals surface area contributed by atoms with Crippen molar-refractivity contribution in [2.45, 2.75) is 199 Å². The molecule has 0 aromatic heterocycles. The molecule has 0 aromatic rings. The summed E-state index contributed by atoms with van der Waals surface area (Å²) in [5, 5.41) is 54.9. The van der Waals surface area contributed by atoms with Crippen LogP contribution in [0.15, 0.2) is 48.9 Å². The van der Waals surface area contributed by atoms with Crippen molar-refractivity contribution in [1.29, 1.82) is 0 Å². The van der Waals surface area contributed by atoms with Crippen LogP contribution in [0.25, 0.3) is 0 Å². The Morgan fingerprint density at radius 3 is 0.735 bits per heavy atom. The summed E-state index contributed by atoms with van der Waals surface area (Å²) in [5.74, 6) is 2.47. The van der Waals surface area contributed by atoms with Crippen LogP contribution in [0.3, 0.4) is 0 Å². The number of rotatable bonds is 0. The van der Waals surface area contributed by atoms with Crippen LogP contribution in [0, 0.1) is 0 Å². The van der Waals surface area contributed by atoms with Gasteiger partial charge in [0, 0.05) is 90.2 Å². The molecule has 16 aliphatic rings. The van der Waals surface area contributed by atoms with E-state index >= 15 is 0 Å². The first-order valence-corrected chi connectivity index (χ1v) is 43.7. The molecule has 21 nitrogen and oxygen atoms in total. The molecule has 16 rings (SSSR count). The lowest BCUT2D eigenvalue weighted by atomic mass is 10.1. The zero-order valence-electron chi connectivity index (χ0n) is 66.1. The summed E-state index contributed by atoms with van der Waals surface area (Å²) < 4.78 is 21.0. The predicted octanol–water partition coefficient (Wildman–Crippen LogP) is 8.01. The van der Waals surface area contributed by atoms with Crippen LogP contribution < -0.4 is 90.4 Å². The molecule has 12 fully saturated rings. The molecule has 12 saturated heterocycles. The maximum absolute atomic E-state index is 5.28. The fourth-order valence-electron chi connectivity index (χ4n) is 11.0. The van der Waals surface area contributed by atoms with Crippen LogP contribution in [0.4, 0.5) is 0 Å². The first-order valence-electron chi connectivity index (χ1n) is 42.6. The fourth-order valence-corrected chi connectivity index (χ4v) is 11.7. The van der Waals surface area contributed by atoms with Gasteiger partial charge in [-0.3, -0.25) is 0 Å². The second-order valence-corrected chi connectivity index (χ2v) is 28.4. The third-order valence-electron chi connectivity index (χ3n) is 17.6. The van der Waals surface area contributed by atoms with Crippen molar-refractivity contribution < 1.29 is 18.9 Å². The van der Waals surface area contributed by atoms with Crippen molar-refractivity contribution in [1.82, 2.24) is 90.4 Å². The molecule has 0 aromatic carbocycles. The standard InChI is InChI=1S/C8H17NO3.C7H15N.C6H13NO.C6H13N.C5H12N2.4C5H11N.2C5H9N.C4H9N.2C4H7N.C3H7NS.C3H7N/c1-3-10-5-7-12-8-6-11-4-2-9-1;1-2-4-6-8-7-5-3-1;1-2-5-8-6-4-7-3-1;1-2-4-6-7-5-3-1;1-2-6-4-5-7-3-1;6*1-2-4-6-5-3-1;3*1-2-4-5-3-1;1-2-5-3-4-1;1-2-4-3-1/h9H,1-8H2;8H,1-7H2;7H,1-6H2;7H,1-6H2;6-7H,1-5H2;4*6H,1-5H2;2,4,6H,1,3,5H2;1-2,6H,3-5H2;5H,1-4H2;1,3,5H,2,4H2;1-2,5H,3-4H2;4H,1-3H2;4H,1-3H2. The van der Waals surface area contributed by atoms with E-state index in [2.05, 4.69) is 127 Å². The Morgan fingerprint density at radius 1 is 0.176 bits per heavy atom. The second-order valence-electron chi connectivity index (χ2n) is 27.3. The topological polar surface area (TPSA) is 241 Å². The number of hydrogen-bond donors (Lipinski definition) is 17. The molecule has 0 aliphatic carbocycles. The molecule has 0 unspecified atom stereocenters. The van der Waals surface area contributed by atoms with Crippen LogP contribution in [0.1, 0.15) is 199 Å². The van der Waals surface area contributed by atoms with E-state index in [1.54, 1.807) is 0 Å². The summed E-state index contributed by atoms with van der Waals surface area (Å²) in [4.78, 5) is 0. The number of hydrogen-bond acceptors (Lipinski definition) is 22. The summed E-state index contributed by atoms with van der Waals surface area (Å²) in [7, 11) is 0. The van der Waals surface area contributed by atoms with E-state index in [1.807, 2.05) is 24.2 Å². The summed E-state index contributed by atoms with van der Waals surface area (Å²) in [6.07, 6.45) is 59.4. The molecule has 0 spiro atoms. The molecular formula is C80H169N17O4S. The summed E-state index contributed by atoms with van der Waals surface area (Å²) in [5.41, 5.74) is 0. The van der Waals surface area contributed by atoms with E-state index in [0.29, 0.717) is 26.4 Å². The summed E-state index contributed by atoms with van der Waals surface area (Å²) in [6.45, 7) is 42.6. The molecule has 0 saturated carbocycles. The highest BCUT2D eigenvalue weighted by Crippen LogP contribution is 2.05. The van der Waals surface area contributed by atoms with Crippen LogP contribution in [0.2, 0.25) is 0 Å². The molecule has 16 aliphatic heterocycles.